The fourth-order valence-corrected chi connectivity index (χ4v) is 1.65. The molecule has 0 saturated carbocycles. The lowest BCUT2D eigenvalue weighted by Crippen LogP contribution is -1.97. The molecule has 1 N–H and O–H groups in total. The van der Waals surface area contributed by atoms with Crippen LogP contribution in [-0.2, 0) is 0 Å². The van der Waals surface area contributed by atoms with E-state index in [0.29, 0.717) is 0 Å². The van der Waals surface area contributed by atoms with Crippen molar-refractivity contribution in [3.63, 3.8) is 0 Å². The number of furan rings is 1. The zero-order valence-corrected chi connectivity index (χ0v) is 10.8. The van der Waals surface area contributed by atoms with Gasteiger partial charge in [-0.15, -0.1) is 0 Å². The summed E-state index contributed by atoms with van der Waals surface area (Å²) in [6.45, 7) is 0. The van der Waals surface area contributed by atoms with Crippen LogP contribution in [0.2, 0.25) is 5.02 Å². The lowest BCUT2D eigenvalue weighted by Gasteiger charge is -2.02. The van der Waals surface area contributed by atoms with Crippen molar-refractivity contribution in [2.24, 2.45) is 0 Å². The van der Waals surface area contributed by atoms with Gasteiger partial charge < -0.3 is 9.73 Å². The molecule has 0 atom stereocenters. The van der Waals surface area contributed by atoms with Gasteiger partial charge in [-0.25, -0.2) is 0 Å². The first-order chi connectivity index (χ1) is 9.58. The fourth-order valence-electron chi connectivity index (χ4n) is 1.49. The number of carbonyl (C=O) groups excluding carboxylic acids is 1. The summed E-state index contributed by atoms with van der Waals surface area (Å²) in [5.41, 5.74) is 0.0653. The lowest BCUT2D eigenvalue weighted by atomic mass is 10.2. The van der Waals surface area contributed by atoms with E-state index in [9.17, 15) is 14.9 Å². The quantitative estimate of drug-likeness (QED) is 0.393. The van der Waals surface area contributed by atoms with Gasteiger partial charge in [0.25, 0.3) is 5.69 Å². The van der Waals surface area contributed by atoms with Crippen LogP contribution in [0.5, 0.6) is 0 Å². The highest BCUT2D eigenvalue weighted by atomic mass is 35.5. The second kappa shape index (κ2) is 6.03. The third kappa shape index (κ3) is 3.24. The molecule has 102 valence electrons. The smallest absolute Gasteiger partial charge is 0.294 e. The molecule has 0 bridgehead atoms. The average Bonchev–Trinajstić information content (AvgIpc) is 2.94. The van der Waals surface area contributed by atoms with Gasteiger partial charge >= 0.3 is 0 Å². The summed E-state index contributed by atoms with van der Waals surface area (Å²) in [6, 6.07) is 7.32. The lowest BCUT2D eigenvalue weighted by molar-refractivity contribution is -0.383. The van der Waals surface area contributed by atoms with Gasteiger partial charge in [-0.1, -0.05) is 11.6 Å². The Bertz CT molecular complexity index is 665. The molecular weight excluding hydrogens is 284 g/mol. The Hall–Kier alpha value is -2.60. The first-order valence-electron chi connectivity index (χ1n) is 5.53. The van der Waals surface area contributed by atoms with Gasteiger partial charge in [0.05, 0.1) is 11.2 Å². The second-order valence-corrected chi connectivity index (χ2v) is 4.17. The van der Waals surface area contributed by atoms with Crippen LogP contribution in [0.3, 0.4) is 0 Å². The summed E-state index contributed by atoms with van der Waals surface area (Å²) in [6.07, 6.45) is 3.91. The molecule has 0 amide bonds. The summed E-state index contributed by atoms with van der Waals surface area (Å²) >= 11 is 5.70. The molecule has 0 saturated heterocycles. The molecule has 2 aromatic rings. The standard InChI is InChI=1S/C13H9ClN2O4/c14-9-3-4-10(11(8-9)16(18)19)15-6-5-12(17)13-2-1-7-20-13/h1-8,15H. The Kier molecular flexibility index (Phi) is 4.17. The van der Waals surface area contributed by atoms with E-state index < -0.39 is 4.92 Å². The van der Waals surface area contributed by atoms with Crippen LogP contribution >= 0.6 is 11.6 Å². The zero-order valence-electron chi connectivity index (χ0n) is 10.1. The van der Waals surface area contributed by atoms with Gasteiger partial charge in [0.2, 0.25) is 5.78 Å². The first kappa shape index (κ1) is 13.8. The molecule has 2 rings (SSSR count). The molecule has 1 aromatic carbocycles. The third-order valence-corrected chi connectivity index (χ3v) is 2.63. The number of ketones is 1. The Labute approximate surface area is 118 Å². The topological polar surface area (TPSA) is 85.4 Å². The van der Waals surface area contributed by atoms with Crippen LogP contribution < -0.4 is 5.32 Å². The summed E-state index contributed by atoms with van der Waals surface area (Å²) in [5, 5.41) is 13.8. The van der Waals surface area contributed by atoms with Crippen LogP contribution in [0, 0.1) is 10.1 Å². The van der Waals surface area contributed by atoms with E-state index in [2.05, 4.69) is 5.32 Å². The van der Waals surface area contributed by atoms with Crippen LogP contribution in [0.15, 0.2) is 53.3 Å². The van der Waals surface area contributed by atoms with Crippen LogP contribution in [0.1, 0.15) is 10.6 Å². The van der Waals surface area contributed by atoms with E-state index in [4.69, 9.17) is 16.0 Å². The molecule has 0 radical (unpaired) electrons. The van der Waals surface area contributed by atoms with Crippen LogP contribution in [0.25, 0.3) is 0 Å². The maximum absolute atomic E-state index is 11.6. The largest absolute Gasteiger partial charge is 0.461 e. The van der Waals surface area contributed by atoms with Crippen LogP contribution in [-0.4, -0.2) is 10.7 Å². The van der Waals surface area contributed by atoms with Crippen LogP contribution in [0.4, 0.5) is 11.4 Å². The van der Waals surface area contributed by atoms with E-state index in [1.165, 1.54) is 42.8 Å². The van der Waals surface area contributed by atoms with E-state index in [1.807, 2.05) is 0 Å². The second-order valence-electron chi connectivity index (χ2n) is 3.74. The van der Waals surface area contributed by atoms with Crippen molar-refractivity contribution in [3.05, 3.63) is 69.8 Å². The van der Waals surface area contributed by atoms with Gasteiger partial charge in [-0.05, 0) is 24.3 Å². The van der Waals surface area contributed by atoms with E-state index >= 15 is 0 Å². The molecule has 0 aliphatic heterocycles. The summed E-state index contributed by atoms with van der Waals surface area (Å²) in [7, 11) is 0. The summed E-state index contributed by atoms with van der Waals surface area (Å²) < 4.78 is 4.92. The summed E-state index contributed by atoms with van der Waals surface area (Å²) in [5.74, 6) is -0.159. The number of halogens is 1. The zero-order chi connectivity index (χ0) is 14.5. The first-order valence-corrected chi connectivity index (χ1v) is 5.90. The van der Waals surface area contributed by atoms with Crippen molar-refractivity contribution in [1.82, 2.24) is 0 Å². The van der Waals surface area contributed by atoms with Gasteiger partial charge in [0.1, 0.15) is 5.69 Å². The Morgan fingerprint density at radius 2 is 2.20 bits per heavy atom. The normalized spacial score (nSPS) is 10.7. The number of hydrogen-bond acceptors (Lipinski definition) is 5. The molecule has 1 aromatic heterocycles. The molecule has 20 heavy (non-hydrogen) atoms. The molecule has 0 unspecified atom stereocenters. The SMILES string of the molecule is O=C(C=CNc1ccc(Cl)cc1[N+](=O)[O-])c1ccco1. The molecule has 1 heterocycles. The van der Waals surface area contributed by atoms with E-state index in [-0.39, 0.29) is 27.9 Å². The maximum Gasteiger partial charge on any atom is 0.294 e. The van der Waals surface area contributed by atoms with Crippen molar-refractivity contribution in [3.8, 4) is 0 Å². The number of rotatable bonds is 5. The highest BCUT2D eigenvalue weighted by Gasteiger charge is 2.13. The van der Waals surface area contributed by atoms with E-state index in [0.717, 1.165) is 0 Å². The number of nitro benzene ring substituents is 1. The minimum Gasteiger partial charge on any atom is -0.461 e. The number of nitro groups is 1. The Balaban J connectivity index is 2.11. The summed E-state index contributed by atoms with van der Waals surface area (Å²) in [4.78, 5) is 21.9. The average molecular weight is 293 g/mol. The molecule has 0 aliphatic rings. The number of hydrogen-bond donors (Lipinski definition) is 1. The Morgan fingerprint density at radius 1 is 1.40 bits per heavy atom. The van der Waals surface area contributed by atoms with Crippen molar-refractivity contribution < 1.29 is 14.1 Å². The fraction of sp³-hybridized carbons (Fsp3) is 0. The van der Waals surface area contributed by atoms with Gasteiger partial charge in [0, 0.05) is 23.4 Å². The van der Waals surface area contributed by atoms with Gasteiger partial charge in [0.15, 0.2) is 5.76 Å². The molecular formula is C13H9ClN2O4. The molecule has 0 aliphatic carbocycles. The molecule has 6 nitrogen and oxygen atoms in total. The third-order valence-electron chi connectivity index (χ3n) is 2.39. The number of allylic oxidation sites excluding steroid dienone is 1. The predicted molar refractivity (Wildman–Crippen MR) is 73.9 cm³/mol. The highest BCUT2D eigenvalue weighted by Crippen LogP contribution is 2.27. The van der Waals surface area contributed by atoms with Gasteiger partial charge in [-0.2, -0.15) is 0 Å². The maximum atomic E-state index is 11.6. The molecule has 0 fully saturated rings. The molecule has 7 heteroatoms. The van der Waals surface area contributed by atoms with Gasteiger partial charge in [-0.3, -0.25) is 14.9 Å². The number of anilines is 1. The molecule has 0 spiro atoms. The minimum atomic E-state index is -0.559. The number of carbonyl (C=O) groups is 1. The monoisotopic (exact) mass is 292 g/mol. The number of nitrogens with zero attached hydrogens (tertiary/aromatic N) is 1. The van der Waals surface area contributed by atoms with Crippen molar-refractivity contribution in [2.45, 2.75) is 0 Å². The van der Waals surface area contributed by atoms with Crippen molar-refractivity contribution >= 4 is 28.8 Å². The number of nitrogens with one attached hydrogen (secondary N) is 1. The van der Waals surface area contributed by atoms with Crippen molar-refractivity contribution in [1.29, 1.82) is 0 Å². The number of benzene rings is 1. The highest BCUT2D eigenvalue weighted by molar-refractivity contribution is 6.30. The van der Waals surface area contributed by atoms with E-state index in [1.54, 1.807) is 6.07 Å². The minimum absolute atomic E-state index is 0.174. The van der Waals surface area contributed by atoms with Crippen molar-refractivity contribution in [2.75, 3.05) is 5.32 Å². The predicted octanol–water partition coefficient (Wildman–Crippen LogP) is 3.65. The Morgan fingerprint density at radius 3 is 2.85 bits per heavy atom.